The van der Waals surface area contributed by atoms with E-state index in [0.717, 1.165) is 0 Å². The van der Waals surface area contributed by atoms with Gasteiger partial charge in [0.15, 0.2) is 10.4 Å². The quantitative estimate of drug-likeness (QED) is 0.109. The van der Waals surface area contributed by atoms with E-state index in [-0.39, 0.29) is 13.0 Å². The van der Waals surface area contributed by atoms with Crippen LogP contribution in [0.4, 0.5) is 4.79 Å². The number of carbonyl (C=O) groups excluding carboxylic acids is 3. The molecule has 1 heterocycles. The van der Waals surface area contributed by atoms with Gasteiger partial charge in [0.05, 0.1) is 0 Å². The average Bonchev–Trinajstić information content (AvgIpc) is 3.04. The Hall–Kier alpha value is -2.77. The SMILES string of the molecule is CC(C)(C)OC(=O)N[C@@H](CCCNC(=N)N[N+](=O)[O-])C(=O)N1CCS[C@@H]1C(N)=O. The molecule has 0 bridgehead atoms. The van der Waals surface area contributed by atoms with Crippen LogP contribution in [0.15, 0.2) is 0 Å². The molecule has 0 radical (unpaired) electrons. The molecule has 0 aliphatic carbocycles. The molecular formula is C15H27N7O6S. The monoisotopic (exact) mass is 433 g/mol. The molecule has 13 nitrogen and oxygen atoms in total. The van der Waals surface area contributed by atoms with Gasteiger partial charge in [0.25, 0.3) is 11.9 Å². The van der Waals surface area contributed by atoms with Crippen LogP contribution in [0, 0.1) is 15.5 Å². The first-order valence-corrected chi connectivity index (χ1v) is 9.90. The molecule has 0 unspecified atom stereocenters. The van der Waals surface area contributed by atoms with Crippen molar-refractivity contribution in [2.75, 3.05) is 18.8 Å². The maximum atomic E-state index is 12.9. The molecule has 1 aliphatic rings. The Morgan fingerprint density at radius 3 is 2.62 bits per heavy atom. The molecule has 14 heteroatoms. The molecule has 0 aromatic carbocycles. The summed E-state index contributed by atoms with van der Waals surface area (Å²) < 4.78 is 5.19. The van der Waals surface area contributed by atoms with Crippen LogP contribution in [-0.2, 0) is 14.3 Å². The van der Waals surface area contributed by atoms with Crippen molar-refractivity contribution >= 4 is 35.6 Å². The Bertz CT molecular complexity index is 654. The number of guanidine groups is 1. The van der Waals surface area contributed by atoms with Gasteiger partial charge in [0.1, 0.15) is 11.6 Å². The first-order valence-electron chi connectivity index (χ1n) is 8.85. The smallest absolute Gasteiger partial charge is 0.408 e. The lowest BCUT2D eigenvalue weighted by atomic mass is 10.1. The van der Waals surface area contributed by atoms with Gasteiger partial charge >= 0.3 is 6.09 Å². The summed E-state index contributed by atoms with van der Waals surface area (Å²) in [7, 11) is 0. The summed E-state index contributed by atoms with van der Waals surface area (Å²) in [5.41, 5.74) is 6.23. The maximum absolute atomic E-state index is 12.9. The van der Waals surface area contributed by atoms with Gasteiger partial charge in [-0.3, -0.25) is 15.0 Å². The third kappa shape index (κ3) is 8.85. The Kier molecular flexibility index (Phi) is 8.94. The van der Waals surface area contributed by atoms with Crippen molar-refractivity contribution in [1.82, 2.24) is 21.0 Å². The molecule has 1 rings (SSSR count). The van der Waals surface area contributed by atoms with E-state index in [9.17, 15) is 24.5 Å². The van der Waals surface area contributed by atoms with Crippen LogP contribution in [0.1, 0.15) is 33.6 Å². The van der Waals surface area contributed by atoms with E-state index in [0.29, 0.717) is 18.7 Å². The molecule has 29 heavy (non-hydrogen) atoms. The van der Waals surface area contributed by atoms with E-state index in [1.807, 2.05) is 0 Å². The van der Waals surface area contributed by atoms with Crippen LogP contribution in [0.3, 0.4) is 0 Å². The van der Waals surface area contributed by atoms with Gasteiger partial charge in [0, 0.05) is 18.8 Å². The third-order valence-electron chi connectivity index (χ3n) is 3.58. The van der Waals surface area contributed by atoms with Gasteiger partial charge < -0.3 is 26.0 Å². The van der Waals surface area contributed by atoms with Crippen molar-refractivity contribution in [2.45, 2.75) is 50.6 Å². The number of nitro groups is 1. The molecule has 2 atom stereocenters. The number of amides is 3. The van der Waals surface area contributed by atoms with E-state index in [1.54, 1.807) is 26.2 Å². The predicted molar refractivity (Wildman–Crippen MR) is 105 cm³/mol. The molecule has 0 spiro atoms. The Morgan fingerprint density at radius 1 is 1.41 bits per heavy atom. The number of nitrogens with one attached hydrogen (secondary N) is 4. The summed E-state index contributed by atoms with van der Waals surface area (Å²) in [6, 6.07) is -0.982. The first kappa shape index (κ1) is 24.3. The number of nitrogens with two attached hydrogens (primary N) is 1. The highest BCUT2D eigenvalue weighted by atomic mass is 32.2. The number of ether oxygens (including phenoxy) is 1. The number of hydrogen-bond donors (Lipinski definition) is 5. The summed E-state index contributed by atoms with van der Waals surface area (Å²) in [5.74, 6) is -1.06. The van der Waals surface area contributed by atoms with E-state index in [2.05, 4.69) is 10.6 Å². The lowest BCUT2D eigenvalue weighted by Crippen LogP contribution is -2.53. The molecule has 1 fully saturated rings. The number of hydrazine groups is 1. The molecule has 164 valence electrons. The van der Waals surface area contributed by atoms with Gasteiger partial charge in [-0.25, -0.2) is 14.9 Å². The Labute approximate surface area is 172 Å². The molecular weight excluding hydrogens is 406 g/mol. The minimum atomic E-state index is -0.982. The second-order valence-corrected chi connectivity index (χ2v) is 8.36. The highest BCUT2D eigenvalue weighted by molar-refractivity contribution is 8.00. The summed E-state index contributed by atoms with van der Waals surface area (Å²) >= 11 is 1.25. The molecule has 1 saturated heterocycles. The van der Waals surface area contributed by atoms with Gasteiger partial charge in [-0.15, -0.1) is 11.8 Å². The second-order valence-electron chi connectivity index (χ2n) is 7.17. The highest BCUT2D eigenvalue weighted by Crippen LogP contribution is 2.24. The summed E-state index contributed by atoms with van der Waals surface area (Å²) in [5, 5.41) is 20.9. The molecule has 6 N–H and O–H groups in total. The Morgan fingerprint density at radius 2 is 2.07 bits per heavy atom. The van der Waals surface area contributed by atoms with Crippen LogP contribution >= 0.6 is 11.8 Å². The van der Waals surface area contributed by atoms with Crippen molar-refractivity contribution in [3.05, 3.63) is 10.1 Å². The number of rotatable bonds is 8. The zero-order valence-electron chi connectivity index (χ0n) is 16.5. The van der Waals surface area contributed by atoms with Gasteiger partial charge in [-0.1, -0.05) is 5.43 Å². The number of thioether (sulfide) groups is 1. The largest absolute Gasteiger partial charge is 0.444 e. The molecule has 0 saturated carbocycles. The lowest BCUT2D eigenvalue weighted by molar-refractivity contribution is -0.525. The molecule has 0 aromatic heterocycles. The van der Waals surface area contributed by atoms with Crippen LogP contribution in [0.2, 0.25) is 0 Å². The lowest BCUT2D eigenvalue weighted by Gasteiger charge is -2.28. The van der Waals surface area contributed by atoms with Crippen LogP contribution in [-0.4, -0.2) is 69.7 Å². The highest BCUT2D eigenvalue weighted by Gasteiger charge is 2.37. The molecule has 0 aromatic rings. The van der Waals surface area contributed by atoms with E-state index in [1.165, 1.54) is 16.7 Å². The summed E-state index contributed by atoms with van der Waals surface area (Å²) in [6.45, 7) is 5.51. The molecule has 3 amide bonds. The fourth-order valence-electron chi connectivity index (χ4n) is 2.49. The fourth-order valence-corrected chi connectivity index (χ4v) is 3.57. The van der Waals surface area contributed by atoms with Gasteiger partial charge in [-0.2, -0.15) is 0 Å². The maximum Gasteiger partial charge on any atom is 0.408 e. The van der Waals surface area contributed by atoms with Crippen LogP contribution in [0.5, 0.6) is 0 Å². The van der Waals surface area contributed by atoms with Crippen molar-refractivity contribution in [2.24, 2.45) is 5.73 Å². The number of primary amides is 1. The predicted octanol–water partition coefficient (Wildman–Crippen LogP) is -0.648. The minimum Gasteiger partial charge on any atom is -0.444 e. The normalized spacial score (nSPS) is 17.2. The van der Waals surface area contributed by atoms with Gasteiger partial charge in [0.2, 0.25) is 5.91 Å². The summed E-state index contributed by atoms with van der Waals surface area (Å²) in [4.78, 5) is 48.2. The Balaban J connectivity index is 2.74. The van der Waals surface area contributed by atoms with E-state index in [4.69, 9.17) is 15.9 Å². The number of carbonyl (C=O) groups is 3. The van der Waals surface area contributed by atoms with Crippen molar-refractivity contribution in [3.63, 3.8) is 0 Å². The van der Waals surface area contributed by atoms with Crippen molar-refractivity contribution in [3.8, 4) is 0 Å². The number of nitrogens with zero attached hydrogens (tertiary/aromatic N) is 2. The zero-order valence-corrected chi connectivity index (χ0v) is 17.3. The van der Waals surface area contributed by atoms with Crippen molar-refractivity contribution < 1.29 is 24.2 Å². The fraction of sp³-hybridized carbons (Fsp3) is 0.733. The molecule has 1 aliphatic heterocycles. The second kappa shape index (κ2) is 10.7. The van der Waals surface area contributed by atoms with Crippen LogP contribution < -0.4 is 21.8 Å². The topological polar surface area (TPSA) is 193 Å². The third-order valence-corrected chi connectivity index (χ3v) is 4.80. The standard InChI is InChI=1S/C15H27N7O6S/c1-15(2,3)28-14(25)19-9(5-4-6-18-13(17)20-22(26)27)11(24)21-7-8-29-12(21)10(16)23/h9,12H,4-8H2,1-3H3,(H2,16,23)(H,19,25)(H3,17,18,20)/t9-,12+/m0/s1. The van der Waals surface area contributed by atoms with Crippen LogP contribution in [0.25, 0.3) is 0 Å². The van der Waals surface area contributed by atoms with Gasteiger partial charge in [-0.05, 0) is 33.6 Å². The zero-order chi connectivity index (χ0) is 22.2. The average molecular weight is 433 g/mol. The van der Waals surface area contributed by atoms with E-state index < -0.39 is 45.9 Å². The number of hydrogen-bond acceptors (Lipinski definition) is 8. The summed E-state index contributed by atoms with van der Waals surface area (Å²) in [6.07, 6.45) is -0.325. The minimum absolute atomic E-state index is 0.146. The van der Waals surface area contributed by atoms with Crippen molar-refractivity contribution in [1.29, 1.82) is 5.41 Å². The van der Waals surface area contributed by atoms with E-state index >= 15 is 0 Å². The first-order chi connectivity index (χ1) is 13.4. The number of alkyl carbamates (subject to hydrolysis) is 1.